The summed E-state index contributed by atoms with van der Waals surface area (Å²) >= 11 is 6.18. The Bertz CT molecular complexity index is 1230. The maximum atomic E-state index is 12.7. The summed E-state index contributed by atoms with van der Waals surface area (Å²) in [5, 5.41) is 17.1. The molecule has 2 aromatic rings. The van der Waals surface area contributed by atoms with E-state index in [1.165, 1.54) is 13.2 Å². The lowest BCUT2D eigenvalue weighted by molar-refractivity contribution is -0.141. The van der Waals surface area contributed by atoms with Crippen LogP contribution in [-0.2, 0) is 20.4 Å². The molecule has 1 heterocycles. The molecule has 3 unspecified atom stereocenters. The highest BCUT2D eigenvalue weighted by atomic mass is 35.5. The zero-order valence-electron chi connectivity index (χ0n) is 25.8. The van der Waals surface area contributed by atoms with E-state index in [0.717, 1.165) is 5.56 Å². The van der Waals surface area contributed by atoms with Gasteiger partial charge in [0.15, 0.2) is 8.32 Å². The quantitative estimate of drug-likeness (QED) is 0.179. The molecule has 41 heavy (non-hydrogen) atoms. The number of carboxylic acids is 1. The second-order valence-electron chi connectivity index (χ2n) is 12.2. The third-order valence-electron chi connectivity index (χ3n) is 7.49. The maximum Gasteiger partial charge on any atom is 0.326 e. The molecule has 0 radical (unpaired) electrons. The number of carboxylic acid groups (broad SMARTS) is 1. The van der Waals surface area contributed by atoms with Crippen molar-refractivity contribution in [2.75, 3.05) is 7.11 Å². The van der Waals surface area contributed by atoms with Gasteiger partial charge < -0.3 is 19.6 Å². The molecule has 3 atom stereocenters. The van der Waals surface area contributed by atoms with Crippen molar-refractivity contribution >= 4 is 37.9 Å². The molecule has 0 fully saturated rings. The van der Waals surface area contributed by atoms with E-state index < -0.39 is 26.2 Å². The standard InChI is InChI=1S/C31H46ClN3O5Si/c1-21(2)35-20-24(19-33-35)14-13-22(3)27(40-41(8,9)31(4,5)6)11-10-12-29(36)34-26(30(37)38)18-23-15-16-28(39-7)25(32)17-23/h10,12-17,19-22,26-27H,11,18H2,1-9H3,(H,34,36)(H,37,38)/b12-10+,14-13+. The molecule has 0 aliphatic rings. The Morgan fingerprint density at radius 3 is 2.44 bits per heavy atom. The molecule has 0 saturated heterocycles. The van der Waals surface area contributed by atoms with Crippen molar-refractivity contribution < 1.29 is 23.9 Å². The number of hydrogen-bond donors (Lipinski definition) is 2. The number of benzene rings is 1. The third-order valence-corrected chi connectivity index (χ3v) is 12.3. The van der Waals surface area contributed by atoms with Gasteiger partial charge in [0, 0.05) is 24.2 Å². The highest BCUT2D eigenvalue weighted by molar-refractivity contribution is 6.74. The van der Waals surface area contributed by atoms with Gasteiger partial charge >= 0.3 is 5.97 Å². The first-order valence-electron chi connectivity index (χ1n) is 14.0. The van der Waals surface area contributed by atoms with Crippen LogP contribution in [0.3, 0.4) is 0 Å². The average Bonchev–Trinajstić information content (AvgIpc) is 3.35. The third kappa shape index (κ3) is 10.5. The number of carbonyl (C=O) groups is 2. The Kier molecular flexibility index (Phi) is 12.4. The number of rotatable bonds is 14. The van der Waals surface area contributed by atoms with Crippen molar-refractivity contribution in [2.45, 2.75) is 90.7 Å². The van der Waals surface area contributed by atoms with Gasteiger partial charge in [0.1, 0.15) is 11.8 Å². The number of nitrogens with one attached hydrogen (secondary N) is 1. The fraction of sp³-hybridized carbons (Fsp3) is 0.516. The number of ether oxygens (including phenoxy) is 1. The fourth-order valence-corrected chi connectivity index (χ4v) is 5.54. The minimum atomic E-state index is -2.11. The second-order valence-corrected chi connectivity index (χ2v) is 17.4. The number of aromatic nitrogens is 2. The summed E-state index contributed by atoms with van der Waals surface area (Å²) in [5.74, 6) is -1.05. The summed E-state index contributed by atoms with van der Waals surface area (Å²) in [5.41, 5.74) is 1.69. The molecule has 0 bridgehead atoms. The summed E-state index contributed by atoms with van der Waals surface area (Å²) < 4.78 is 13.8. The van der Waals surface area contributed by atoms with Gasteiger partial charge in [-0.1, -0.05) is 63.6 Å². The number of halogens is 1. The summed E-state index contributed by atoms with van der Waals surface area (Å²) in [6.07, 6.45) is 11.6. The van der Waals surface area contributed by atoms with Crippen LogP contribution in [0.4, 0.5) is 0 Å². The zero-order valence-corrected chi connectivity index (χ0v) is 27.5. The van der Waals surface area contributed by atoms with E-state index in [1.54, 1.807) is 24.3 Å². The van der Waals surface area contributed by atoms with E-state index in [9.17, 15) is 14.7 Å². The normalized spacial score (nSPS) is 14.9. The SMILES string of the molecule is COc1ccc(CC(NC(=O)/C=C/CC(O[Si](C)(C)C(C)(C)C)C(C)/C=C/c2cnn(C(C)C)c2)C(=O)O)cc1Cl. The molecule has 1 aromatic heterocycles. The molecule has 0 saturated carbocycles. The number of amides is 1. The molecule has 1 aromatic carbocycles. The predicted molar refractivity (Wildman–Crippen MR) is 168 cm³/mol. The number of aliphatic carboxylic acids is 1. The summed E-state index contributed by atoms with van der Waals surface area (Å²) in [6.45, 7) is 17.3. The van der Waals surface area contributed by atoms with Crippen molar-refractivity contribution in [3.63, 3.8) is 0 Å². The molecule has 10 heteroatoms. The summed E-state index contributed by atoms with van der Waals surface area (Å²) in [4.78, 5) is 24.6. The van der Waals surface area contributed by atoms with Crippen molar-refractivity contribution in [1.82, 2.24) is 15.1 Å². The predicted octanol–water partition coefficient (Wildman–Crippen LogP) is 6.92. The largest absolute Gasteiger partial charge is 0.495 e. The van der Waals surface area contributed by atoms with Gasteiger partial charge in [0.25, 0.3) is 0 Å². The highest BCUT2D eigenvalue weighted by Crippen LogP contribution is 2.38. The highest BCUT2D eigenvalue weighted by Gasteiger charge is 2.39. The second kappa shape index (κ2) is 14.8. The van der Waals surface area contributed by atoms with E-state index in [4.69, 9.17) is 20.8 Å². The number of methoxy groups -OCH3 is 1. The van der Waals surface area contributed by atoms with Crippen LogP contribution in [0.25, 0.3) is 6.08 Å². The van der Waals surface area contributed by atoms with Crippen LogP contribution in [0.15, 0.2) is 48.8 Å². The molecule has 226 valence electrons. The molecule has 2 rings (SSSR count). The number of nitrogens with zero attached hydrogens (tertiary/aromatic N) is 2. The zero-order chi connectivity index (χ0) is 31.0. The van der Waals surface area contributed by atoms with Gasteiger partial charge in [-0.05, 0) is 68.1 Å². The molecular weight excluding hydrogens is 558 g/mol. The molecule has 2 N–H and O–H groups in total. The molecule has 0 spiro atoms. The molecule has 0 aliphatic heterocycles. The van der Waals surface area contributed by atoms with Gasteiger partial charge in [-0.2, -0.15) is 5.10 Å². The van der Waals surface area contributed by atoms with Crippen molar-refractivity contribution in [2.24, 2.45) is 5.92 Å². The topological polar surface area (TPSA) is 103 Å². The van der Waals surface area contributed by atoms with Gasteiger partial charge in [0.05, 0.1) is 24.4 Å². The van der Waals surface area contributed by atoms with E-state index >= 15 is 0 Å². The van der Waals surface area contributed by atoms with Crippen LogP contribution in [0.2, 0.25) is 23.2 Å². The summed E-state index contributed by atoms with van der Waals surface area (Å²) in [7, 11) is -0.597. The van der Waals surface area contributed by atoms with Gasteiger partial charge in [-0.25, -0.2) is 4.79 Å². The van der Waals surface area contributed by atoms with E-state index in [-0.39, 0.29) is 29.5 Å². The van der Waals surface area contributed by atoms with Crippen LogP contribution in [0, 0.1) is 5.92 Å². The fourth-order valence-electron chi connectivity index (χ4n) is 3.84. The average molecular weight is 604 g/mol. The van der Waals surface area contributed by atoms with Gasteiger partial charge in [-0.15, -0.1) is 0 Å². The van der Waals surface area contributed by atoms with Gasteiger partial charge in [-0.3, -0.25) is 9.48 Å². The molecular formula is C31H46ClN3O5Si. The Labute approximate surface area is 250 Å². The van der Waals surface area contributed by atoms with Crippen LogP contribution in [0.1, 0.15) is 65.1 Å². The molecule has 8 nitrogen and oxygen atoms in total. The lowest BCUT2D eigenvalue weighted by Gasteiger charge is -2.40. The Hall–Kier alpha value is -2.88. The van der Waals surface area contributed by atoms with E-state index in [1.807, 2.05) is 17.1 Å². The molecule has 1 amide bonds. The maximum absolute atomic E-state index is 12.7. The van der Waals surface area contributed by atoms with Crippen LogP contribution in [-0.4, -0.2) is 54.3 Å². The Balaban J connectivity index is 2.13. The van der Waals surface area contributed by atoms with E-state index in [2.05, 4.69) is 77.2 Å². The molecule has 0 aliphatic carbocycles. The number of carbonyl (C=O) groups excluding carboxylic acids is 1. The smallest absolute Gasteiger partial charge is 0.326 e. The monoisotopic (exact) mass is 603 g/mol. The van der Waals surface area contributed by atoms with E-state index in [0.29, 0.717) is 22.8 Å². The minimum absolute atomic E-state index is 0.0211. The Morgan fingerprint density at radius 1 is 1.22 bits per heavy atom. The summed E-state index contributed by atoms with van der Waals surface area (Å²) in [6, 6.07) is 4.23. The first-order chi connectivity index (χ1) is 19.0. The number of hydrogen-bond acceptors (Lipinski definition) is 5. The van der Waals surface area contributed by atoms with Crippen LogP contribution >= 0.6 is 11.6 Å². The van der Waals surface area contributed by atoms with Gasteiger partial charge in [0.2, 0.25) is 5.91 Å². The Morgan fingerprint density at radius 2 is 1.90 bits per heavy atom. The first-order valence-corrected chi connectivity index (χ1v) is 17.2. The first kappa shape index (κ1) is 34.3. The van der Waals surface area contributed by atoms with Crippen molar-refractivity contribution in [3.05, 3.63) is 65.0 Å². The lowest BCUT2D eigenvalue weighted by atomic mass is 10.0. The van der Waals surface area contributed by atoms with Crippen LogP contribution in [0.5, 0.6) is 5.75 Å². The van der Waals surface area contributed by atoms with Crippen molar-refractivity contribution in [1.29, 1.82) is 0 Å². The van der Waals surface area contributed by atoms with Crippen molar-refractivity contribution in [3.8, 4) is 5.75 Å². The minimum Gasteiger partial charge on any atom is -0.495 e. The van der Waals surface area contributed by atoms with Crippen LogP contribution < -0.4 is 10.1 Å². The lowest BCUT2D eigenvalue weighted by Crippen LogP contribution is -2.45.